The first-order valence-electron chi connectivity index (χ1n) is 4.72. The first-order valence-corrected chi connectivity index (χ1v) is 6.80. The summed E-state index contributed by atoms with van der Waals surface area (Å²) in [5.74, 6) is 0. The van der Waals surface area contributed by atoms with E-state index in [-0.39, 0.29) is 6.10 Å². The van der Waals surface area contributed by atoms with Gasteiger partial charge < -0.3 is 13.8 Å². The van der Waals surface area contributed by atoms with Crippen LogP contribution in [0.1, 0.15) is 5.56 Å². The molecule has 0 atom stereocenters. The molecule has 0 bridgehead atoms. The maximum Gasteiger partial charge on any atom is 0.276 e. The Bertz CT molecular complexity index is 288. The van der Waals surface area contributed by atoms with Crippen LogP contribution in [0.4, 0.5) is 0 Å². The fourth-order valence-electron chi connectivity index (χ4n) is 1.25. The molecule has 0 radical (unpaired) electrons. The quantitative estimate of drug-likeness (QED) is 0.767. The minimum Gasteiger partial charge on any atom is -0.369 e. The summed E-state index contributed by atoms with van der Waals surface area (Å²) in [5.41, 5.74) is 1.15. The van der Waals surface area contributed by atoms with Crippen molar-refractivity contribution in [3.8, 4) is 0 Å². The van der Waals surface area contributed by atoms with Crippen LogP contribution in [-0.2, 0) is 20.4 Å². The van der Waals surface area contributed by atoms with E-state index in [1.807, 2.05) is 30.3 Å². The van der Waals surface area contributed by atoms with Crippen molar-refractivity contribution in [2.24, 2.45) is 0 Å². The highest BCUT2D eigenvalue weighted by Gasteiger charge is 2.21. The second-order valence-corrected chi connectivity index (χ2v) is 4.99. The predicted molar refractivity (Wildman–Crippen MR) is 59.7 cm³/mol. The van der Waals surface area contributed by atoms with E-state index < -0.39 is 7.73 Å². The summed E-state index contributed by atoms with van der Waals surface area (Å²) in [4.78, 5) is 0. The molecule has 15 heavy (non-hydrogen) atoms. The smallest absolute Gasteiger partial charge is 0.276 e. The van der Waals surface area contributed by atoms with Crippen LogP contribution in [-0.4, -0.2) is 19.3 Å². The molecule has 1 aromatic rings. The fraction of sp³-hybridized carbons (Fsp3) is 0.400. The maximum atomic E-state index is 5.66. The topological polar surface area (TPSA) is 27.7 Å². The minimum absolute atomic E-state index is 0.0114. The van der Waals surface area contributed by atoms with Crippen LogP contribution >= 0.6 is 19.0 Å². The molecule has 0 spiro atoms. The zero-order chi connectivity index (χ0) is 10.5. The third-order valence-electron chi connectivity index (χ3n) is 2.05. The zero-order valence-corrected chi connectivity index (χ0v) is 9.79. The predicted octanol–water partition coefficient (Wildman–Crippen LogP) is 3.08. The molecule has 1 aromatic carbocycles. The Labute approximate surface area is 95.0 Å². The van der Waals surface area contributed by atoms with Crippen LogP contribution in [0.5, 0.6) is 0 Å². The Hall–Kier alpha value is -0.180. The Morgan fingerprint density at radius 2 is 1.93 bits per heavy atom. The highest BCUT2D eigenvalue weighted by atomic mass is 35.7. The van der Waals surface area contributed by atoms with Gasteiger partial charge in [0.1, 0.15) is 6.10 Å². The van der Waals surface area contributed by atoms with Gasteiger partial charge in [0.25, 0.3) is 7.73 Å². The van der Waals surface area contributed by atoms with Crippen LogP contribution in [0.15, 0.2) is 30.3 Å². The molecule has 0 amide bonds. The largest absolute Gasteiger partial charge is 0.369 e. The number of benzene rings is 1. The van der Waals surface area contributed by atoms with E-state index in [9.17, 15) is 0 Å². The van der Waals surface area contributed by atoms with E-state index in [0.29, 0.717) is 19.8 Å². The number of hydrogen-bond acceptors (Lipinski definition) is 3. The van der Waals surface area contributed by atoms with Crippen LogP contribution < -0.4 is 0 Å². The van der Waals surface area contributed by atoms with Gasteiger partial charge in [-0.05, 0) is 16.8 Å². The van der Waals surface area contributed by atoms with E-state index >= 15 is 0 Å². The van der Waals surface area contributed by atoms with Crippen molar-refractivity contribution >= 4 is 19.0 Å². The van der Waals surface area contributed by atoms with Crippen molar-refractivity contribution < 1.29 is 13.8 Å². The van der Waals surface area contributed by atoms with Gasteiger partial charge in [-0.25, -0.2) is 0 Å². The Morgan fingerprint density at radius 3 is 2.60 bits per heavy atom. The molecule has 0 unspecified atom stereocenters. The van der Waals surface area contributed by atoms with Crippen molar-refractivity contribution in [1.29, 1.82) is 0 Å². The summed E-state index contributed by atoms with van der Waals surface area (Å²) in [6.07, 6.45) is -0.0114. The molecule has 5 heteroatoms. The molecule has 1 fully saturated rings. The molecule has 3 nitrogen and oxygen atoms in total. The molecule has 0 aliphatic carbocycles. The lowest BCUT2D eigenvalue weighted by Crippen LogP contribution is -2.27. The first-order chi connectivity index (χ1) is 7.34. The van der Waals surface area contributed by atoms with E-state index in [1.54, 1.807) is 0 Å². The third kappa shape index (κ3) is 3.71. The van der Waals surface area contributed by atoms with E-state index in [2.05, 4.69) is 0 Å². The van der Waals surface area contributed by atoms with Crippen LogP contribution in [0, 0.1) is 0 Å². The highest BCUT2D eigenvalue weighted by molar-refractivity contribution is 7.76. The van der Waals surface area contributed by atoms with E-state index in [1.165, 1.54) is 0 Å². The second-order valence-electron chi connectivity index (χ2n) is 3.22. The lowest BCUT2D eigenvalue weighted by Gasteiger charge is -2.24. The van der Waals surface area contributed by atoms with E-state index in [0.717, 1.165) is 5.56 Å². The second kappa shape index (κ2) is 5.78. The number of halogens is 1. The van der Waals surface area contributed by atoms with Crippen molar-refractivity contribution in [3.63, 3.8) is 0 Å². The fourth-order valence-corrected chi connectivity index (χ4v) is 2.23. The number of hydrogen-bond donors (Lipinski definition) is 0. The molecule has 0 N–H and O–H groups in total. The Balaban J connectivity index is 1.74. The first kappa shape index (κ1) is 11.3. The lowest BCUT2D eigenvalue weighted by molar-refractivity contribution is -0.0349. The van der Waals surface area contributed by atoms with Crippen molar-refractivity contribution in [3.05, 3.63) is 35.9 Å². The summed E-state index contributed by atoms with van der Waals surface area (Å²) < 4.78 is 15.9. The standard InChI is InChI=1S/C10H12ClO3P/c11-15-13-7-10(8-14-15)12-6-9-4-2-1-3-5-9/h1-5,10H,6-8H2. The highest BCUT2D eigenvalue weighted by Crippen LogP contribution is 2.46. The van der Waals surface area contributed by atoms with Gasteiger partial charge >= 0.3 is 0 Å². The van der Waals surface area contributed by atoms with Gasteiger partial charge in [0.15, 0.2) is 0 Å². The summed E-state index contributed by atoms with van der Waals surface area (Å²) in [6.45, 7) is 1.61. The number of rotatable bonds is 3. The molecule has 1 heterocycles. The van der Waals surface area contributed by atoms with Crippen molar-refractivity contribution in [2.45, 2.75) is 12.7 Å². The molecule has 0 aromatic heterocycles. The minimum atomic E-state index is -1.19. The summed E-state index contributed by atoms with van der Waals surface area (Å²) in [5, 5.41) is 0. The van der Waals surface area contributed by atoms with Gasteiger partial charge in [0.05, 0.1) is 19.8 Å². The SMILES string of the molecule is ClP1OCC(OCc2ccccc2)CO1. The molecule has 1 aliphatic rings. The molecule has 1 saturated heterocycles. The average Bonchev–Trinajstić information content (AvgIpc) is 2.30. The zero-order valence-electron chi connectivity index (χ0n) is 8.14. The normalized spacial score (nSPS) is 26.5. The summed E-state index contributed by atoms with van der Waals surface area (Å²) in [6, 6.07) is 10.0. The Kier molecular flexibility index (Phi) is 4.36. The summed E-state index contributed by atoms with van der Waals surface area (Å²) in [7, 11) is -1.19. The van der Waals surface area contributed by atoms with Crippen LogP contribution in [0.2, 0.25) is 0 Å². The molecule has 0 saturated carbocycles. The average molecular weight is 247 g/mol. The van der Waals surface area contributed by atoms with Gasteiger partial charge in [-0.2, -0.15) is 0 Å². The number of ether oxygens (including phenoxy) is 1. The Morgan fingerprint density at radius 1 is 1.27 bits per heavy atom. The van der Waals surface area contributed by atoms with Crippen molar-refractivity contribution in [1.82, 2.24) is 0 Å². The van der Waals surface area contributed by atoms with Gasteiger partial charge in [0.2, 0.25) is 0 Å². The maximum absolute atomic E-state index is 5.66. The van der Waals surface area contributed by atoms with Crippen LogP contribution in [0.25, 0.3) is 0 Å². The molecular weight excluding hydrogens is 235 g/mol. The van der Waals surface area contributed by atoms with Gasteiger partial charge in [-0.1, -0.05) is 30.3 Å². The van der Waals surface area contributed by atoms with Gasteiger partial charge in [-0.15, -0.1) is 0 Å². The molecule has 2 rings (SSSR count). The van der Waals surface area contributed by atoms with Crippen molar-refractivity contribution in [2.75, 3.05) is 13.2 Å². The molecule has 82 valence electrons. The van der Waals surface area contributed by atoms with E-state index in [4.69, 9.17) is 25.0 Å². The third-order valence-corrected chi connectivity index (χ3v) is 3.34. The lowest BCUT2D eigenvalue weighted by atomic mass is 10.2. The summed E-state index contributed by atoms with van der Waals surface area (Å²) >= 11 is 5.66. The molecular formula is C10H12ClO3P. The van der Waals surface area contributed by atoms with Gasteiger partial charge in [-0.3, -0.25) is 0 Å². The monoisotopic (exact) mass is 246 g/mol. The van der Waals surface area contributed by atoms with Crippen LogP contribution in [0.3, 0.4) is 0 Å². The van der Waals surface area contributed by atoms with Gasteiger partial charge in [0, 0.05) is 0 Å². The molecule has 1 aliphatic heterocycles.